The molecule has 1 aromatic carbocycles. The molecule has 0 N–H and O–H groups in total. The Bertz CT molecular complexity index is 580. The van der Waals surface area contributed by atoms with Crippen LogP contribution in [0.3, 0.4) is 0 Å². The third-order valence-corrected chi connectivity index (χ3v) is 2.51. The van der Waals surface area contributed by atoms with Crippen LogP contribution in [0.15, 0.2) is 36.4 Å². The van der Waals surface area contributed by atoms with Gasteiger partial charge >= 0.3 is 0 Å². The van der Waals surface area contributed by atoms with Gasteiger partial charge in [0.05, 0.1) is 5.56 Å². The van der Waals surface area contributed by atoms with E-state index in [0.29, 0.717) is 5.56 Å². The summed E-state index contributed by atoms with van der Waals surface area (Å²) in [6.07, 6.45) is 8.06. The normalized spacial score (nSPS) is 9.05. The van der Waals surface area contributed by atoms with Crippen molar-refractivity contribution >= 4 is 0 Å². The van der Waals surface area contributed by atoms with Gasteiger partial charge in [0.1, 0.15) is 6.07 Å². The third-order valence-electron chi connectivity index (χ3n) is 2.51. The fourth-order valence-electron chi connectivity index (χ4n) is 1.49. The Morgan fingerprint density at radius 1 is 1.05 bits per heavy atom. The third kappa shape index (κ3) is 6.16. The standard InChI is InChI=1S/C18H17N/c1-2-3-4-5-6-7-8-9-10-13-17-14-11-12-15-18(17)16-19/h8-9,11-12,14-15H,2-5H2,1H3/b9-8-. The van der Waals surface area contributed by atoms with Crippen molar-refractivity contribution in [3.05, 3.63) is 47.5 Å². The van der Waals surface area contributed by atoms with Crippen molar-refractivity contribution in [2.24, 2.45) is 0 Å². The summed E-state index contributed by atoms with van der Waals surface area (Å²) >= 11 is 0. The number of nitrogens with zero attached hydrogens (tertiary/aromatic N) is 1. The summed E-state index contributed by atoms with van der Waals surface area (Å²) in [4.78, 5) is 0. The van der Waals surface area contributed by atoms with E-state index in [1.807, 2.05) is 18.2 Å². The molecule has 0 aliphatic carbocycles. The van der Waals surface area contributed by atoms with Gasteiger partial charge in [0.2, 0.25) is 0 Å². The van der Waals surface area contributed by atoms with E-state index < -0.39 is 0 Å². The predicted octanol–water partition coefficient (Wildman–Crippen LogP) is 4.05. The molecule has 0 aliphatic rings. The van der Waals surface area contributed by atoms with Gasteiger partial charge in [-0.15, -0.1) is 0 Å². The molecule has 19 heavy (non-hydrogen) atoms. The second-order valence-electron chi connectivity index (χ2n) is 4.04. The molecule has 0 spiro atoms. The Balaban J connectivity index is 2.49. The maximum atomic E-state index is 8.90. The van der Waals surface area contributed by atoms with Crippen LogP contribution in [0.4, 0.5) is 0 Å². The van der Waals surface area contributed by atoms with Crippen molar-refractivity contribution in [2.75, 3.05) is 0 Å². The molecular weight excluding hydrogens is 230 g/mol. The average Bonchev–Trinajstić information content (AvgIpc) is 2.46. The summed E-state index contributed by atoms with van der Waals surface area (Å²) in [5.41, 5.74) is 1.36. The van der Waals surface area contributed by atoms with Gasteiger partial charge < -0.3 is 0 Å². The molecule has 0 saturated heterocycles. The molecule has 1 nitrogen and oxygen atoms in total. The van der Waals surface area contributed by atoms with E-state index in [1.165, 1.54) is 19.3 Å². The summed E-state index contributed by atoms with van der Waals surface area (Å²) in [5, 5.41) is 8.90. The van der Waals surface area contributed by atoms with Gasteiger partial charge in [0, 0.05) is 12.0 Å². The van der Waals surface area contributed by atoms with E-state index in [9.17, 15) is 0 Å². The monoisotopic (exact) mass is 247 g/mol. The fraction of sp³-hybridized carbons (Fsp3) is 0.278. The van der Waals surface area contributed by atoms with E-state index in [-0.39, 0.29) is 0 Å². The molecule has 0 bridgehead atoms. The van der Waals surface area contributed by atoms with E-state index in [1.54, 1.807) is 18.2 Å². The van der Waals surface area contributed by atoms with Gasteiger partial charge in [-0.1, -0.05) is 55.6 Å². The first-order chi connectivity index (χ1) is 9.38. The van der Waals surface area contributed by atoms with Crippen LogP contribution >= 0.6 is 0 Å². The molecular formula is C18H17N. The molecule has 1 rings (SSSR count). The van der Waals surface area contributed by atoms with Crippen LogP contribution < -0.4 is 0 Å². The van der Waals surface area contributed by atoms with Crippen molar-refractivity contribution in [1.29, 1.82) is 5.26 Å². The van der Waals surface area contributed by atoms with Gasteiger partial charge in [-0.2, -0.15) is 5.26 Å². The van der Waals surface area contributed by atoms with Gasteiger partial charge in [-0.05, 0) is 30.7 Å². The molecule has 94 valence electrons. The Hall–Kier alpha value is -2.43. The minimum atomic E-state index is 0.606. The first-order valence-corrected chi connectivity index (χ1v) is 6.52. The van der Waals surface area contributed by atoms with E-state index >= 15 is 0 Å². The lowest BCUT2D eigenvalue weighted by Crippen LogP contribution is -1.80. The van der Waals surface area contributed by atoms with E-state index in [0.717, 1.165) is 12.0 Å². The van der Waals surface area contributed by atoms with Crippen molar-refractivity contribution in [3.63, 3.8) is 0 Å². The highest BCUT2D eigenvalue weighted by Crippen LogP contribution is 2.04. The number of hydrogen-bond donors (Lipinski definition) is 0. The molecule has 0 amide bonds. The quantitative estimate of drug-likeness (QED) is 0.584. The van der Waals surface area contributed by atoms with Crippen LogP contribution in [-0.2, 0) is 0 Å². The minimum Gasteiger partial charge on any atom is -0.192 e. The summed E-state index contributed by atoms with van der Waals surface area (Å²) in [7, 11) is 0. The zero-order chi connectivity index (χ0) is 13.8. The van der Waals surface area contributed by atoms with Crippen LogP contribution in [0, 0.1) is 35.0 Å². The Morgan fingerprint density at radius 2 is 1.79 bits per heavy atom. The minimum absolute atomic E-state index is 0.606. The molecule has 0 unspecified atom stereocenters. The molecule has 0 atom stereocenters. The number of unbranched alkanes of at least 4 members (excludes halogenated alkanes) is 3. The largest absolute Gasteiger partial charge is 0.192 e. The number of benzene rings is 1. The smallest absolute Gasteiger partial charge is 0.100 e. The second-order valence-corrected chi connectivity index (χ2v) is 4.04. The molecule has 0 aromatic heterocycles. The molecule has 0 radical (unpaired) electrons. The molecule has 1 heteroatoms. The molecule has 0 fully saturated rings. The highest BCUT2D eigenvalue weighted by Gasteiger charge is 1.94. The number of nitriles is 1. The Labute approximate surface area is 116 Å². The van der Waals surface area contributed by atoms with Crippen LogP contribution in [0.25, 0.3) is 0 Å². The molecule has 1 aromatic rings. The van der Waals surface area contributed by atoms with Gasteiger partial charge in [-0.25, -0.2) is 0 Å². The number of allylic oxidation sites excluding steroid dienone is 2. The van der Waals surface area contributed by atoms with Crippen molar-refractivity contribution in [2.45, 2.75) is 32.6 Å². The van der Waals surface area contributed by atoms with Crippen LogP contribution in [0.5, 0.6) is 0 Å². The summed E-state index contributed by atoms with van der Waals surface area (Å²) in [6, 6.07) is 9.44. The van der Waals surface area contributed by atoms with Gasteiger partial charge in [-0.3, -0.25) is 0 Å². The summed E-state index contributed by atoms with van der Waals surface area (Å²) < 4.78 is 0. The Morgan fingerprint density at radius 3 is 2.53 bits per heavy atom. The lowest BCUT2D eigenvalue weighted by Gasteiger charge is -1.91. The maximum Gasteiger partial charge on any atom is 0.100 e. The average molecular weight is 247 g/mol. The van der Waals surface area contributed by atoms with E-state index in [4.69, 9.17) is 5.26 Å². The Kier molecular flexibility index (Phi) is 7.38. The molecule has 0 heterocycles. The summed E-state index contributed by atoms with van der Waals surface area (Å²) in [6.45, 7) is 2.18. The molecule has 0 saturated carbocycles. The van der Waals surface area contributed by atoms with Crippen molar-refractivity contribution in [1.82, 2.24) is 0 Å². The topological polar surface area (TPSA) is 23.8 Å². The van der Waals surface area contributed by atoms with Crippen LogP contribution in [0.1, 0.15) is 43.7 Å². The summed E-state index contributed by atoms with van der Waals surface area (Å²) in [5.74, 6) is 11.9. The maximum absolute atomic E-state index is 8.90. The van der Waals surface area contributed by atoms with E-state index in [2.05, 4.69) is 36.7 Å². The zero-order valence-corrected chi connectivity index (χ0v) is 11.2. The SMILES string of the molecule is CCCCCC#C/C=C\C#Cc1ccccc1C#N. The first kappa shape index (κ1) is 14.6. The molecule has 0 aliphatic heterocycles. The van der Waals surface area contributed by atoms with Crippen LogP contribution in [-0.4, -0.2) is 0 Å². The zero-order valence-electron chi connectivity index (χ0n) is 11.2. The highest BCUT2D eigenvalue weighted by molar-refractivity contribution is 5.48. The lowest BCUT2D eigenvalue weighted by atomic mass is 10.1. The number of hydrogen-bond acceptors (Lipinski definition) is 1. The van der Waals surface area contributed by atoms with Gasteiger partial charge in [0.15, 0.2) is 0 Å². The highest BCUT2D eigenvalue weighted by atomic mass is 14.2. The van der Waals surface area contributed by atoms with Crippen LogP contribution in [0.2, 0.25) is 0 Å². The first-order valence-electron chi connectivity index (χ1n) is 6.52. The lowest BCUT2D eigenvalue weighted by molar-refractivity contribution is 0.737. The van der Waals surface area contributed by atoms with Gasteiger partial charge in [0.25, 0.3) is 0 Å². The number of rotatable bonds is 3. The predicted molar refractivity (Wildman–Crippen MR) is 79.1 cm³/mol. The second kappa shape index (κ2) is 9.58. The van der Waals surface area contributed by atoms with Crippen molar-refractivity contribution in [3.8, 4) is 29.8 Å². The fourth-order valence-corrected chi connectivity index (χ4v) is 1.49. The van der Waals surface area contributed by atoms with Crippen molar-refractivity contribution < 1.29 is 0 Å².